The first-order valence-electron chi connectivity index (χ1n) is 23.3. The standard InChI is InChI=1S/C56H54N2O6/c1-55(2,3)31-17-21-35(22-18-31)63-43-29-41-45-39(51(59)57(53(41)61)33-13-9-7-10-14-33)28-26-38-48-44(64-36-23-19-32(20-24-36)56(4,5)6)30-42-46-40(27-25-37(50(46)48)47(43)49(38)45)52(60)58(54(42)62)34-15-11-8-12-16-34/h17-30,33-34H,7-16H2,1-6H3. The van der Waals surface area contributed by atoms with Gasteiger partial charge in [0.1, 0.15) is 23.0 Å². The van der Waals surface area contributed by atoms with Crippen molar-refractivity contribution in [1.82, 2.24) is 9.80 Å². The Kier molecular flexibility index (Phi) is 9.25. The lowest BCUT2D eigenvalue weighted by Crippen LogP contribution is -2.48. The van der Waals surface area contributed by atoms with Crippen molar-refractivity contribution in [2.75, 3.05) is 0 Å². The molecule has 2 aliphatic carbocycles. The fraction of sp³-hybridized carbons (Fsp3) is 0.357. The molecule has 64 heavy (non-hydrogen) atoms. The van der Waals surface area contributed by atoms with Gasteiger partial charge in [0.05, 0.1) is 11.1 Å². The van der Waals surface area contributed by atoms with Gasteiger partial charge in [-0.3, -0.25) is 29.0 Å². The van der Waals surface area contributed by atoms with Crippen molar-refractivity contribution in [1.29, 1.82) is 0 Å². The third-order valence-electron chi connectivity index (χ3n) is 14.6. The minimum Gasteiger partial charge on any atom is -0.457 e. The maximum atomic E-state index is 15.0. The van der Waals surface area contributed by atoms with Crippen LogP contribution in [0.25, 0.3) is 43.1 Å². The van der Waals surface area contributed by atoms with Gasteiger partial charge in [-0.05, 0) is 107 Å². The summed E-state index contributed by atoms with van der Waals surface area (Å²) in [4.78, 5) is 62.4. The van der Waals surface area contributed by atoms with Gasteiger partial charge in [-0.2, -0.15) is 0 Å². The molecular weight excluding hydrogens is 797 g/mol. The van der Waals surface area contributed by atoms with Crippen LogP contribution in [-0.4, -0.2) is 45.5 Å². The highest BCUT2D eigenvalue weighted by atomic mass is 16.5. The lowest BCUT2D eigenvalue weighted by Gasteiger charge is -2.37. The number of carbonyl (C=O) groups is 4. The minimum atomic E-state index is -0.313. The molecule has 4 amide bonds. The number of fused-ring (bicyclic) bond motifs is 2. The van der Waals surface area contributed by atoms with E-state index in [4.69, 9.17) is 9.47 Å². The number of hydrogen-bond acceptors (Lipinski definition) is 6. The molecule has 0 aromatic heterocycles. The van der Waals surface area contributed by atoms with Crippen LogP contribution in [0, 0.1) is 0 Å². The molecule has 8 nitrogen and oxygen atoms in total. The number of carbonyl (C=O) groups excluding carboxylic acids is 4. The third kappa shape index (κ3) is 6.22. The first-order valence-corrected chi connectivity index (χ1v) is 23.3. The molecule has 0 N–H and O–H groups in total. The van der Waals surface area contributed by atoms with E-state index in [9.17, 15) is 19.2 Å². The van der Waals surface area contributed by atoms with Crippen molar-refractivity contribution in [2.24, 2.45) is 0 Å². The Morgan fingerprint density at radius 2 is 0.750 bits per heavy atom. The summed E-state index contributed by atoms with van der Waals surface area (Å²) in [5, 5.41) is 5.47. The average Bonchev–Trinajstić information content (AvgIpc) is 3.28. The normalized spacial score (nSPS) is 17.8. The monoisotopic (exact) mass is 850 g/mol. The van der Waals surface area contributed by atoms with Crippen molar-refractivity contribution in [3.63, 3.8) is 0 Å². The van der Waals surface area contributed by atoms with Crippen LogP contribution in [0.3, 0.4) is 0 Å². The van der Waals surface area contributed by atoms with Gasteiger partial charge in [0, 0.05) is 55.5 Å². The van der Waals surface area contributed by atoms with Crippen LogP contribution in [0.5, 0.6) is 23.0 Å². The number of amides is 4. The molecule has 0 unspecified atom stereocenters. The summed E-state index contributed by atoms with van der Waals surface area (Å²) in [7, 11) is 0. The van der Waals surface area contributed by atoms with Crippen molar-refractivity contribution in [3.05, 3.63) is 118 Å². The van der Waals surface area contributed by atoms with Crippen molar-refractivity contribution in [2.45, 2.75) is 129 Å². The van der Waals surface area contributed by atoms with Gasteiger partial charge in [-0.1, -0.05) is 116 Å². The Morgan fingerprint density at radius 3 is 1.09 bits per heavy atom. The summed E-state index contributed by atoms with van der Waals surface area (Å²) in [5.74, 6) is 0.929. The number of ether oxygens (including phenoxy) is 2. The Balaban J connectivity index is 1.22. The molecule has 7 aromatic rings. The predicted molar refractivity (Wildman–Crippen MR) is 253 cm³/mol. The van der Waals surface area contributed by atoms with Gasteiger partial charge in [-0.25, -0.2) is 0 Å². The molecule has 7 aromatic carbocycles. The number of nitrogens with zero attached hydrogens (tertiary/aromatic N) is 2. The molecule has 2 aliphatic heterocycles. The first kappa shape index (κ1) is 40.5. The zero-order valence-electron chi connectivity index (χ0n) is 37.7. The van der Waals surface area contributed by atoms with Crippen LogP contribution >= 0.6 is 0 Å². The molecule has 11 rings (SSSR count). The number of hydrogen-bond donors (Lipinski definition) is 0. The summed E-state index contributed by atoms with van der Waals surface area (Å²) in [6, 6.07) is 27.0. The van der Waals surface area contributed by atoms with Crippen LogP contribution in [0.4, 0.5) is 0 Å². The maximum Gasteiger partial charge on any atom is 0.261 e. The van der Waals surface area contributed by atoms with Crippen molar-refractivity contribution in [3.8, 4) is 23.0 Å². The van der Waals surface area contributed by atoms with E-state index in [2.05, 4.69) is 65.8 Å². The van der Waals surface area contributed by atoms with Crippen LogP contribution in [0.1, 0.15) is 158 Å². The van der Waals surface area contributed by atoms with Crippen LogP contribution in [0.2, 0.25) is 0 Å². The Labute approximate surface area is 373 Å². The molecule has 2 fully saturated rings. The molecule has 324 valence electrons. The maximum absolute atomic E-state index is 15.0. The predicted octanol–water partition coefficient (Wildman–Crippen LogP) is 13.8. The second-order valence-corrected chi connectivity index (χ2v) is 20.7. The second kappa shape index (κ2) is 14.6. The van der Waals surface area contributed by atoms with E-state index in [1.54, 1.807) is 0 Å². The second-order valence-electron chi connectivity index (χ2n) is 20.7. The highest BCUT2D eigenvalue weighted by Gasteiger charge is 2.42. The molecule has 0 bridgehead atoms. The summed E-state index contributed by atoms with van der Waals surface area (Å²) < 4.78 is 13.9. The summed E-state index contributed by atoms with van der Waals surface area (Å²) in [6.45, 7) is 13.0. The summed E-state index contributed by atoms with van der Waals surface area (Å²) in [6.07, 6.45) is 9.18. The molecule has 4 aliphatic rings. The Bertz CT molecular complexity index is 2890. The molecular formula is C56H54N2O6. The van der Waals surface area contributed by atoms with Crippen molar-refractivity contribution < 1.29 is 28.7 Å². The lowest BCUT2D eigenvalue weighted by atomic mass is 9.80. The van der Waals surface area contributed by atoms with E-state index in [0.29, 0.717) is 77.6 Å². The van der Waals surface area contributed by atoms with E-state index in [1.807, 2.05) is 60.7 Å². The Hall–Kier alpha value is -6.28. The van der Waals surface area contributed by atoms with E-state index in [1.165, 1.54) is 9.80 Å². The molecule has 2 heterocycles. The van der Waals surface area contributed by atoms with Gasteiger partial charge in [0.15, 0.2) is 0 Å². The SMILES string of the molecule is CC(C)(C)c1ccc(Oc2cc3c4c(ccc5c6c(Oc7ccc(C(C)(C)C)cc7)cc7c8c(ccc(c2c45)c86)C(=O)N(C2CCCCC2)C7=O)C(=O)N(C2CCCCC2)C3=O)cc1. The van der Waals surface area contributed by atoms with Crippen molar-refractivity contribution >= 4 is 66.7 Å². The molecule has 0 spiro atoms. The summed E-state index contributed by atoms with van der Waals surface area (Å²) in [5.41, 5.74) is 3.97. The zero-order chi connectivity index (χ0) is 44.4. The van der Waals surface area contributed by atoms with E-state index >= 15 is 0 Å². The van der Waals surface area contributed by atoms with Gasteiger partial charge in [-0.15, -0.1) is 0 Å². The topological polar surface area (TPSA) is 93.2 Å². The average molecular weight is 851 g/mol. The minimum absolute atomic E-state index is 0.0694. The van der Waals surface area contributed by atoms with E-state index < -0.39 is 0 Å². The number of benzene rings is 7. The van der Waals surface area contributed by atoms with Gasteiger partial charge >= 0.3 is 0 Å². The quantitative estimate of drug-likeness (QED) is 0.0940. The van der Waals surface area contributed by atoms with Crippen LogP contribution < -0.4 is 9.47 Å². The summed E-state index contributed by atoms with van der Waals surface area (Å²) >= 11 is 0. The lowest BCUT2D eigenvalue weighted by molar-refractivity contribution is 0.0487. The largest absolute Gasteiger partial charge is 0.457 e. The fourth-order valence-electron chi connectivity index (χ4n) is 11.2. The van der Waals surface area contributed by atoms with Crippen LogP contribution in [0.15, 0.2) is 84.9 Å². The number of rotatable bonds is 6. The smallest absolute Gasteiger partial charge is 0.261 e. The highest BCUT2D eigenvalue weighted by molar-refractivity contribution is 6.43. The van der Waals surface area contributed by atoms with Gasteiger partial charge in [0.2, 0.25) is 0 Å². The third-order valence-corrected chi connectivity index (χ3v) is 14.6. The number of imide groups is 2. The van der Waals surface area contributed by atoms with Crippen LogP contribution in [-0.2, 0) is 10.8 Å². The Morgan fingerprint density at radius 1 is 0.406 bits per heavy atom. The first-order chi connectivity index (χ1) is 30.7. The van der Waals surface area contributed by atoms with Gasteiger partial charge in [0.25, 0.3) is 23.6 Å². The molecule has 0 saturated heterocycles. The van der Waals surface area contributed by atoms with Gasteiger partial charge < -0.3 is 9.47 Å². The van der Waals surface area contributed by atoms with E-state index in [-0.39, 0.29) is 46.5 Å². The highest BCUT2D eigenvalue weighted by Crippen LogP contribution is 2.53. The molecule has 0 radical (unpaired) electrons. The fourth-order valence-corrected chi connectivity index (χ4v) is 11.2. The van der Waals surface area contributed by atoms with E-state index in [0.717, 1.165) is 86.1 Å². The molecule has 8 heteroatoms. The molecule has 0 atom stereocenters. The zero-order valence-corrected chi connectivity index (χ0v) is 37.7. The molecule has 2 saturated carbocycles.